The van der Waals surface area contributed by atoms with Gasteiger partial charge in [0.2, 0.25) is 0 Å². The van der Waals surface area contributed by atoms with Crippen molar-refractivity contribution in [2.75, 3.05) is 39.9 Å². The summed E-state index contributed by atoms with van der Waals surface area (Å²) in [6, 6.07) is 6.18. The van der Waals surface area contributed by atoms with Crippen LogP contribution in [-0.4, -0.2) is 50.6 Å². The van der Waals surface area contributed by atoms with E-state index >= 15 is 0 Å². The molecule has 6 heteroatoms. The standard InChI is InChI=1S/C16H22Cl2N2O2/c1-19-11-15(12-2-3-13(17)14(18)10-12)20-6-4-16(5-7-20)21-8-9-22-16/h2-3,10,15,19H,4-9,11H2,1H3. The molecule has 1 unspecified atom stereocenters. The molecule has 0 bridgehead atoms. The van der Waals surface area contributed by atoms with Crippen LogP contribution in [0.15, 0.2) is 18.2 Å². The van der Waals surface area contributed by atoms with Gasteiger partial charge in [-0.1, -0.05) is 29.3 Å². The Morgan fingerprint density at radius 3 is 2.45 bits per heavy atom. The highest BCUT2D eigenvalue weighted by Gasteiger charge is 2.41. The number of nitrogens with zero attached hydrogens (tertiary/aromatic N) is 1. The van der Waals surface area contributed by atoms with Gasteiger partial charge in [-0.25, -0.2) is 0 Å². The maximum Gasteiger partial charge on any atom is 0.170 e. The lowest BCUT2D eigenvalue weighted by Gasteiger charge is -2.41. The van der Waals surface area contributed by atoms with Gasteiger partial charge in [0, 0.05) is 38.5 Å². The van der Waals surface area contributed by atoms with E-state index in [1.165, 1.54) is 5.56 Å². The second-order valence-corrected chi connectivity index (χ2v) is 6.70. The van der Waals surface area contributed by atoms with Crippen molar-refractivity contribution in [3.05, 3.63) is 33.8 Å². The Morgan fingerprint density at radius 2 is 1.86 bits per heavy atom. The summed E-state index contributed by atoms with van der Waals surface area (Å²) in [5, 5.41) is 4.48. The Balaban J connectivity index is 1.72. The molecule has 2 aliphatic heterocycles. The molecule has 0 aromatic heterocycles. The molecule has 122 valence electrons. The Bertz CT molecular complexity index is 511. The van der Waals surface area contributed by atoms with Gasteiger partial charge in [-0.15, -0.1) is 0 Å². The van der Waals surface area contributed by atoms with Crippen LogP contribution in [-0.2, 0) is 9.47 Å². The third-order valence-electron chi connectivity index (χ3n) is 4.54. The van der Waals surface area contributed by atoms with E-state index in [1.807, 2.05) is 19.2 Å². The third-order valence-corrected chi connectivity index (χ3v) is 5.28. The van der Waals surface area contributed by atoms with Gasteiger partial charge in [-0.3, -0.25) is 4.90 Å². The molecule has 4 nitrogen and oxygen atoms in total. The highest BCUT2D eigenvalue weighted by atomic mass is 35.5. The van der Waals surface area contributed by atoms with Crippen molar-refractivity contribution in [2.45, 2.75) is 24.7 Å². The Morgan fingerprint density at radius 1 is 1.18 bits per heavy atom. The second-order valence-electron chi connectivity index (χ2n) is 5.89. The van der Waals surface area contributed by atoms with E-state index in [4.69, 9.17) is 32.7 Å². The fourth-order valence-corrected chi connectivity index (χ4v) is 3.64. The van der Waals surface area contributed by atoms with Crippen LogP contribution in [0.3, 0.4) is 0 Å². The van der Waals surface area contributed by atoms with Gasteiger partial charge in [0.05, 0.1) is 23.3 Å². The van der Waals surface area contributed by atoms with Crippen molar-refractivity contribution in [1.82, 2.24) is 10.2 Å². The largest absolute Gasteiger partial charge is 0.347 e. The maximum atomic E-state index is 6.18. The number of likely N-dealkylation sites (N-methyl/N-ethyl adjacent to an activating group) is 1. The molecule has 2 heterocycles. The van der Waals surface area contributed by atoms with Crippen LogP contribution in [0.4, 0.5) is 0 Å². The SMILES string of the molecule is CNCC(c1ccc(Cl)c(Cl)c1)N1CCC2(CC1)OCCO2. The van der Waals surface area contributed by atoms with Gasteiger partial charge in [-0.05, 0) is 24.7 Å². The van der Waals surface area contributed by atoms with Gasteiger partial charge < -0.3 is 14.8 Å². The van der Waals surface area contributed by atoms with Crippen molar-refractivity contribution in [3.8, 4) is 0 Å². The number of hydrogen-bond donors (Lipinski definition) is 1. The zero-order chi connectivity index (χ0) is 15.6. The molecule has 1 atom stereocenters. The molecule has 1 aromatic carbocycles. The highest BCUT2D eigenvalue weighted by Crippen LogP contribution is 2.35. The minimum absolute atomic E-state index is 0.276. The van der Waals surface area contributed by atoms with Crippen molar-refractivity contribution >= 4 is 23.2 Å². The van der Waals surface area contributed by atoms with Crippen LogP contribution in [0.2, 0.25) is 10.0 Å². The first kappa shape index (κ1) is 16.5. The summed E-state index contributed by atoms with van der Waals surface area (Å²) in [4.78, 5) is 2.46. The zero-order valence-corrected chi connectivity index (χ0v) is 14.3. The molecule has 3 rings (SSSR count). The molecule has 0 saturated carbocycles. The molecule has 2 saturated heterocycles. The predicted molar refractivity (Wildman–Crippen MR) is 88.6 cm³/mol. The van der Waals surface area contributed by atoms with Crippen molar-refractivity contribution < 1.29 is 9.47 Å². The molecular formula is C16H22Cl2N2O2. The summed E-state index contributed by atoms with van der Waals surface area (Å²) < 4.78 is 11.6. The lowest BCUT2D eigenvalue weighted by molar-refractivity contribution is -0.188. The van der Waals surface area contributed by atoms with Crippen LogP contribution in [0.25, 0.3) is 0 Å². The smallest absolute Gasteiger partial charge is 0.170 e. The van der Waals surface area contributed by atoms with Gasteiger partial charge in [0.15, 0.2) is 5.79 Å². The van der Waals surface area contributed by atoms with E-state index in [0.29, 0.717) is 23.3 Å². The quantitative estimate of drug-likeness (QED) is 0.909. The molecule has 0 aliphatic carbocycles. The van der Waals surface area contributed by atoms with Gasteiger partial charge >= 0.3 is 0 Å². The molecule has 0 radical (unpaired) electrons. The van der Waals surface area contributed by atoms with Crippen LogP contribution >= 0.6 is 23.2 Å². The summed E-state index contributed by atoms with van der Waals surface area (Å²) in [6.45, 7) is 4.20. The van der Waals surface area contributed by atoms with E-state index in [1.54, 1.807) is 0 Å². The van der Waals surface area contributed by atoms with Crippen LogP contribution < -0.4 is 5.32 Å². The number of benzene rings is 1. The van der Waals surface area contributed by atoms with Crippen LogP contribution in [0.1, 0.15) is 24.4 Å². The topological polar surface area (TPSA) is 33.7 Å². The number of hydrogen-bond acceptors (Lipinski definition) is 4. The fraction of sp³-hybridized carbons (Fsp3) is 0.625. The molecule has 1 N–H and O–H groups in total. The predicted octanol–water partition coefficient (Wildman–Crippen LogP) is 3.09. The lowest BCUT2D eigenvalue weighted by atomic mass is 9.98. The van der Waals surface area contributed by atoms with Crippen LogP contribution in [0, 0.1) is 0 Å². The first-order valence-corrected chi connectivity index (χ1v) is 8.51. The van der Waals surface area contributed by atoms with E-state index in [2.05, 4.69) is 16.3 Å². The number of likely N-dealkylation sites (tertiary alicyclic amines) is 1. The summed E-state index contributed by atoms with van der Waals surface area (Å²) in [5.41, 5.74) is 1.19. The number of ether oxygens (including phenoxy) is 2. The van der Waals surface area contributed by atoms with Gasteiger partial charge in [-0.2, -0.15) is 0 Å². The van der Waals surface area contributed by atoms with Crippen molar-refractivity contribution in [2.24, 2.45) is 0 Å². The normalized spacial score (nSPS) is 23.0. The average Bonchev–Trinajstić information content (AvgIpc) is 2.97. The van der Waals surface area contributed by atoms with Crippen molar-refractivity contribution in [3.63, 3.8) is 0 Å². The zero-order valence-electron chi connectivity index (χ0n) is 12.8. The molecule has 2 aliphatic rings. The summed E-state index contributed by atoms with van der Waals surface area (Å²) in [7, 11) is 1.97. The molecule has 1 spiro atoms. The lowest BCUT2D eigenvalue weighted by Crippen LogP contribution is -2.47. The highest BCUT2D eigenvalue weighted by molar-refractivity contribution is 6.42. The van der Waals surface area contributed by atoms with E-state index < -0.39 is 0 Å². The number of rotatable bonds is 4. The van der Waals surface area contributed by atoms with E-state index in [9.17, 15) is 0 Å². The van der Waals surface area contributed by atoms with Crippen molar-refractivity contribution in [1.29, 1.82) is 0 Å². The van der Waals surface area contributed by atoms with E-state index in [0.717, 1.165) is 32.5 Å². The molecule has 1 aromatic rings. The maximum absolute atomic E-state index is 6.18. The number of halogens is 2. The number of nitrogens with one attached hydrogen (secondary N) is 1. The molecule has 22 heavy (non-hydrogen) atoms. The van der Waals surface area contributed by atoms with E-state index in [-0.39, 0.29) is 11.8 Å². The minimum Gasteiger partial charge on any atom is -0.347 e. The Labute approximate surface area is 141 Å². The third kappa shape index (κ3) is 3.42. The monoisotopic (exact) mass is 344 g/mol. The Hall–Kier alpha value is -0.360. The molecule has 0 amide bonds. The summed E-state index contributed by atoms with van der Waals surface area (Å²) in [6.07, 6.45) is 1.82. The number of piperidine rings is 1. The van der Waals surface area contributed by atoms with Crippen LogP contribution in [0.5, 0.6) is 0 Å². The van der Waals surface area contributed by atoms with Gasteiger partial charge in [0.1, 0.15) is 0 Å². The molecule has 2 fully saturated rings. The second kappa shape index (κ2) is 7.04. The summed E-state index contributed by atoms with van der Waals surface area (Å²) >= 11 is 12.2. The molecular weight excluding hydrogens is 323 g/mol. The minimum atomic E-state index is -0.335. The van der Waals surface area contributed by atoms with Gasteiger partial charge in [0.25, 0.3) is 0 Å². The first-order chi connectivity index (χ1) is 10.6. The fourth-order valence-electron chi connectivity index (χ4n) is 3.33. The Kier molecular flexibility index (Phi) is 5.28. The average molecular weight is 345 g/mol. The summed E-state index contributed by atoms with van der Waals surface area (Å²) in [5.74, 6) is -0.335. The first-order valence-electron chi connectivity index (χ1n) is 7.75.